The second-order valence-corrected chi connectivity index (χ2v) is 4.88. The lowest BCUT2D eigenvalue weighted by Crippen LogP contribution is -2.21. The molecule has 1 heterocycles. The molecule has 1 atom stereocenters. The smallest absolute Gasteiger partial charge is 0.0921 e. The second-order valence-electron chi connectivity index (χ2n) is 4.02. The van der Waals surface area contributed by atoms with Crippen molar-refractivity contribution in [2.45, 2.75) is 19.4 Å². The molecular formula is C13H16BrN3. The molecule has 90 valence electrons. The molecule has 0 fully saturated rings. The van der Waals surface area contributed by atoms with E-state index < -0.39 is 0 Å². The molecule has 0 amide bonds. The zero-order valence-electron chi connectivity index (χ0n) is 9.78. The van der Waals surface area contributed by atoms with Crippen molar-refractivity contribution in [3.8, 4) is 0 Å². The van der Waals surface area contributed by atoms with Crippen molar-refractivity contribution >= 4 is 15.9 Å². The highest BCUT2D eigenvalue weighted by Crippen LogP contribution is 2.22. The second kappa shape index (κ2) is 5.98. The molecule has 0 aliphatic carbocycles. The summed E-state index contributed by atoms with van der Waals surface area (Å²) in [5.41, 5.74) is 2.45. The summed E-state index contributed by atoms with van der Waals surface area (Å²) in [7, 11) is 0. The van der Waals surface area contributed by atoms with Crippen LogP contribution in [0.2, 0.25) is 0 Å². The Hall–Kier alpha value is -1.13. The van der Waals surface area contributed by atoms with Gasteiger partial charge in [-0.2, -0.15) is 0 Å². The van der Waals surface area contributed by atoms with E-state index in [1.54, 1.807) is 6.33 Å². The van der Waals surface area contributed by atoms with E-state index in [2.05, 4.69) is 56.3 Å². The van der Waals surface area contributed by atoms with Crippen LogP contribution in [0.25, 0.3) is 0 Å². The Kier molecular flexibility index (Phi) is 4.34. The van der Waals surface area contributed by atoms with Crippen molar-refractivity contribution in [1.82, 2.24) is 15.3 Å². The molecular weight excluding hydrogens is 278 g/mol. The molecule has 0 saturated heterocycles. The summed E-state index contributed by atoms with van der Waals surface area (Å²) in [4.78, 5) is 7.10. The number of aromatic amines is 1. The van der Waals surface area contributed by atoms with E-state index in [0.717, 1.165) is 23.1 Å². The zero-order chi connectivity index (χ0) is 12.1. The fourth-order valence-corrected chi connectivity index (χ4v) is 2.41. The maximum atomic E-state index is 4.00. The number of benzene rings is 1. The van der Waals surface area contributed by atoms with Gasteiger partial charge in [-0.05, 0) is 18.6 Å². The maximum Gasteiger partial charge on any atom is 0.0921 e. The molecule has 0 radical (unpaired) electrons. The SMILES string of the molecule is CC(NCCc1cnc[nH]1)c1ccccc1Br. The molecule has 0 bridgehead atoms. The van der Waals surface area contributed by atoms with Gasteiger partial charge in [0.2, 0.25) is 0 Å². The van der Waals surface area contributed by atoms with Crippen LogP contribution >= 0.6 is 15.9 Å². The van der Waals surface area contributed by atoms with E-state index in [1.807, 2.05) is 12.3 Å². The number of nitrogens with one attached hydrogen (secondary N) is 2. The molecule has 0 saturated carbocycles. The summed E-state index contributed by atoms with van der Waals surface area (Å²) >= 11 is 3.57. The largest absolute Gasteiger partial charge is 0.348 e. The highest BCUT2D eigenvalue weighted by atomic mass is 79.9. The van der Waals surface area contributed by atoms with Crippen molar-refractivity contribution < 1.29 is 0 Å². The minimum Gasteiger partial charge on any atom is -0.348 e. The lowest BCUT2D eigenvalue weighted by molar-refractivity contribution is 0.572. The number of nitrogens with zero attached hydrogens (tertiary/aromatic N) is 1. The number of rotatable bonds is 5. The average Bonchev–Trinajstić information content (AvgIpc) is 2.82. The van der Waals surface area contributed by atoms with E-state index in [-0.39, 0.29) is 0 Å². The van der Waals surface area contributed by atoms with Crippen molar-refractivity contribution in [2.24, 2.45) is 0 Å². The van der Waals surface area contributed by atoms with Crippen LogP contribution in [-0.2, 0) is 6.42 Å². The highest BCUT2D eigenvalue weighted by Gasteiger charge is 2.07. The Morgan fingerprint density at radius 1 is 1.41 bits per heavy atom. The lowest BCUT2D eigenvalue weighted by Gasteiger charge is -2.15. The summed E-state index contributed by atoms with van der Waals surface area (Å²) in [5.74, 6) is 0. The number of aromatic nitrogens is 2. The van der Waals surface area contributed by atoms with Crippen LogP contribution in [-0.4, -0.2) is 16.5 Å². The van der Waals surface area contributed by atoms with Crippen molar-refractivity contribution in [1.29, 1.82) is 0 Å². The Balaban J connectivity index is 1.85. The van der Waals surface area contributed by atoms with Crippen LogP contribution in [0.5, 0.6) is 0 Å². The van der Waals surface area contributed by atoms with Crippen molar-refractivity contribution in [3.63, 3.8) is 0 Å². The van der Waals surface area contributed by atoms with Gasteiger partial charge in [-0.15, -0.1) is 0 Å². The molecule has 3 nitrogen and oxygen atoms in total. The van der Waals surface area contributed by atoms with Crippen LogP contribution in [0.4, 0.5) is 0 Å². The van der Waals surface area contributed by atoms with Crippen molar-refractivity contribution in [3.05, 3.63) is 52.5 Å². The average molecular weight is 294 g/mol. The van der Waals surface area contributed by atoms with Gasteiger partial charge in [0.1, 0.15) is 0 Å². The predicted octanol–water partition coefficient (Wildman–Crippen LogP) is 3.07. The quantitative estimate of drug-likeness (QED) is 0.889. The molecule has 2 rings (SSSR count). The predicted molar refractivity (Wildman–Crippen MR) is 72.9 cm³/mol. The summed E-state index contributed by atoms with van der Waals surface area (Å²) in [5, 5.41) is 3.50. The maximum absolute atomic E-state index is 4.00. The van der Waals surface area contributed by atoms with Gasteiger partial charge in [0, 0.05) is 35.4 Å². The third-order valence-electron chi connectivity index (χ3n) is 2.77. The van der Waals surface area contributed by atoms with Gasteiger partial charge in [-0.25, -0.2) is 4.98 Å². The molecule has 1 unspecified atom stereocenters. The fourth-order valence-electron chi connectivity index (χ4n) is 1.78. The van der Waals surface area contributed by atoms with Gasteiger partial charge < -0.3 is 10.3 Å². The van der Waals surface area contributed by atoms with Crippen LogP contribution in [0.15, 0.2) is 41.3 Å². The van der Waals surface area contributed by atoms with Gasteiger partial charge in [0.05, 0.1) is 6.33 Å². The number of hydrogen-bond acceptors (Lipinski definition) is 2. The number of halogens is 1. The summed E-state index contributed by atoms with van der Waals surface area (Å²) in [6.45, 7) is 3.11. The van der Waals surface area contributed by atoms with Crippen LogP contribution in [0, 0.1) is 0 Å². The first-order chi connectivity index (χ1) is 8.27. The molecule has 0 aliphatic rings. The first-order valence-corrected chi connectivity index (χ1v) is 6.51. The molecule has 0 aliphatic heterocycles. The van der Waals surface area contributed by atoms with Gasteiger partial charge >= 0.3 is 0 Å². The lowest BCUT2D eigenvalue weighted by atomic mass is 10.1. The number of H-pyrrole nitrogens is 1. The third kappa shape index (κ3) is 3.41. The Morgan fingerprint density at radius 2 is 2.24 bits per heavy atom. The van der Waals surface area contributed by atoms with Gasteiger partial charge in [0.15, 0.2) is 0 Å². The Labute approximate surface area is 110 Å². The standard InChI is InChI=1S/C13H16BrN3/c1-10(12-4-2-3-5-13(12)14)16-7-6-11-8-15-9-17-11/h2-5,8-10,16H,6-7H2,1H3,(H,15,17). The minimum absolute atomic E-state index is 0.341. The number of imidazole rings is 1. The first kappa shape index (κ1) is 12.3. The van der Waals surface area contributed by atoms with Crippen molar-refractivity contribution in [2.75, 3.05) is 6.54 Å². The number of hydrogen-bond donors (Lipinski definition) is 2. The van der Waals surface area contributed by atoms with Gasteiger partial charge in [-0.3, -0.25) is 0 Å². The summed E-state index contributed by atoms with van der Waals surface area (Å²) < 4.78 is 1.15. The van der Waals surface area contributed by atoms with E-state index in [4.69, 9.17) is 0 Å². The molecule has 2 N–H and O–H groups in total. The third-order valence-corrected chi connectivity index (χ3v) is 3.49. The summed E-state index contributed by atoms with van der Waals surface area (Å²) in [6, 6.07) is 8.65. The fraction of sp³-hybridized carbons (Fsp3) is 0.308. The highest BCUT2D eigenvalue weighted by molar-refractivity contribution is 9.10. The Morgan fingerprint density at radius 3 is 2.94 bits per heavy atom. The van der Waals surface area contributed by atoms with E-state index in [9.17, 15) is 0 Å². The molecule has 4 heteroatoms. The molecule has 1 aromatic heterocycles. The summed E-state index contributed by atoms with van der Waals surface area (Å²) in [6.07, 6.45) is 4.55. The monoisotopic (exact) mass is 293 g/mol. The molecule has 2 aromatic rings. The molecule has 0 spiro atoms. The van der Waals surface area contributed by atoms with E-state index in [0.29, 0.717) is 6.04 Å². The van der Waals surface area contributed by atoms with Gasteiger partial charge in [-0.1, -0.05) is 34.1 Å². The minimum atomic E-state index is 0.341. The van der Waals surface area contributed by atoms with Crippen LogP contribution in [0.1, 0.15) is 24.2 Å². The van der Waals surface area contributed by atoms with Crippen LogP contribution in [0.3, 0.4) is 0 Å². The van der Waals surface area contributed by atoms with E-state index >= 15 is 0 Å². The topological polar surface area (TPSA) is 40.7 Å². The normalized spacial score (nSPS) is 12.6. The van der Waals surface area contributed by atoms with Gasteiger partial charge in [0.25, 0.3) is 0 Å². The molecule has 17 heavy (non-hydrogen) atoms. The molecule has 1 aromatic carbocycles. The Bertz CT molecular complexity index is 453. The first-order valence-electron chi connectivity index (χ1n) is 5.72. The van der Waals surface area contributed by atoms with E-state index in [1.165, 1.54) is 5.56 Å². The van der Waals surface area contributed by atoms with Crippen LogP contribution < -0.4 is 5.32 Å². The zero-order valence-corrected chi connectivity index (χ0v) is 11.4.